The third kappa shape index (κ3) is 2.85. The average Bonchev–Trinajstić information content (AvgIpc) is 2.46. The number of ether oxygens (including phenoxy) is 1. The molecule has 1 atom stereocenters. The van der Waals surface area contributed by atoms with Crippen LogP contribution in [0.1, 0.15) is 28.4 Å². The molecule has 0 spiro atoms. The van der Waals surface area contributed by atoms with Crippen molar-refractivity contribution in [1.29, 1.82) is 0 Å². The SMILES string of the molecule is COc1cccnc1C(NN)c1cc(C)c(Br)c(C)c1. The van der Waals surface area contributed by atoms with E-state index in [2.05, 4.69) is 52.3 Å². The van der Waals surface area contributed by atoms with Crippen LogP contribution in [0.3, 0.4) is 0 Å². The monoisotopic (exact) mass is 335 g/mol. The zero-order chi connectivity index (χ0) is 14.7. The molecule has 3 N–H and O–H groups in total. The second-order valence-electron chi connectivity index (χ2n) is 4.66. The van der Waals surface area contributed by atoms with Crippen LogP contribution in [0.2, 0.25) is 0 Å². The molecule has 0 saturated carbocycles. The third-order valence-corrected chi connectivity index (χ3v) is 4.50. The number of nitrogens with zero attached hydrogens (tertiary/aromatic N) is 1. The van der Waals surface area contributed by atoms with Gasteiger partial charge in [-0.15, -0.1) is 0 Å². The second kappa shape index (κ2) is 6.35. The first-order chi connectivity index (χ1) is 9.58. The highest BCUT2D eigenvalue weighted by Crippen LogP contribution is 2.31. The van der Waals surface area contributed by atoms with Gasteiger partial charge in [0.15, 0.2) is 0 Å². The van der Waals surface area contributed by atoms with Gasteiger partial charge in [0.25, 0.3) is 0 Å². The number of rotatable bonds is 4. The topological polar surface area (TPSA) is 60.2 Å². The Morgan fingerprint density at radius 1 is 1.30 bits per heavy atom. The van der Waals surface area contributed by atoms with Crippen molar-refractivity contribution >= 4 is 15.9 Å². The number of hydrazine groups is 1. The average molecular weight is 336 g/mol. The standard InChI is InChI=1S/C15H18BrN3O/c1-9-7-11(8-10(2)13(9)16)14(19-17)15-12(20-3)5-4-6-18-15/h4-8,14,19H,17H2,1-3H3. The highest BCUT2D eigenvalue weighted by molar-refractivity contribution is 9.10. The van der Waals surface area contributed by atoms with Crippen LogP contribution in [0.15, 0.2) is 34.9 Å². The molecule has 1 heterocycles. The molecule has 0 bridgehead atoms. The highest BCUT2D eigenvalue weighted by atomic mass is 79.9. The molecule has 1 aromatic carbocycles. The number of nitrogens with two attached hydrogens (primary N) is 1. The summed E-state index contributed by atoms with van der Waals surface area (Å²) in [5.74, 6) is 6.46. The number of pyridine rings is 1. The van der Waals surface area contributed by atoms with Crippen LogP contribution in [0.5, 0.6) is 5.75 Å². The lowest BCUT2D eigenvalue weighted by Gasteiger charge is -2.20. The minimum absolute atomic E-state index is 0.211. The minimum Gasteiger partial charge on any atom is -0.495 e. The maximum atomic E-state index is 5.74. The van der Waals surface area contributed by atoms with Crippen molar-refractivity contribution in [3.8, 4) is 5.75 Å². The Kier molecular flexibility index (Phi) is 4.75. The molecule has 0 amide bonds. The molecule has 20 heavy (non-hydrogen) atoms. The van der Waals surface area contributed by atoms with Crippen LogP contribution in [-0.4, -0.2) is 12.1 Å². The van der Waals surface area contributed by atoms with Gasteiger partial charge in [-0.2, -0.15) is 0 Å². The predicted molar refractivity (Wildman–Crippen MR) is 83.6 cm³/mol. The molecule has 0 radical (unpaired) electrons. The Labute approximate surface area is 127 Å². The van der Waals surface area contributed by atoms with Crippen LogP contribution in [0, 0.1) is 13.8 Å². The summed E-state index contributed by atoms with van der Waals surface area (Å²) in [6.07, 6.45) is 1.74. The number of aryl methyl sites for hydroxylation is 2. The van der Waals surface area contributed by atoms with Crippen molar-refractivity contribution in [3.63, 3.8) is 0 Å². The number of benzene rings is 1. The molecule has 2 rings (SSSR count). The van der Waals surface area contributed by atoms with E-state index in [9.17, 15) is 0 Å². The van der Waals surface area contributed by atoms with E-state index in [4.69, 9.17) is 10.6 Å². The van der Waals surface area contributed by atoms with Gasteiger partial charge in [0.1, 0.15) is 11.4 Å². The van der Waals surface area contributed by atoms with E-state index in [-0.39, 0.29) is 6.04 Å². The number of hydrogen-bond donors (Lipinski definition) is 2. The number of hydrogen-bond acceptors (Lipinski definition) is 4. The summed E-state index contributed by atoms with van der Waals surface area (Å²) < 4.78 is 6.48. The van der Waals surface area contributed by atoms with E-state index in [1.165, 1.54) is 0 Å². The largest absolute Gasteiger partial charge is 0.495 e. The van der Waals surface area contributed by atoms with E-state index >= 15 is 0 Å². The van der Waals surface area contributed by atoms with Gasteiger partial charge in [0.2, 0.25) is 0 Å². The zero-order valence-electron chi connectivity index (χ0n) is 11.8. The van der Waals surface area contributed by atoms with Crippen molar-refractivity contribution in [2.24, 2.45) is 5.84 Å². The fraction of sp³-hybridized carbons (Fsp3) is 0.267. The molecule has 0 aliphatic carbocycles. The fourth-order valence-corrected chi connectivity index (χ4v) is 2.50. The van der Waals surface area contributed by atoms with E-state index in [1.807, 2.05) is 12.1 Å². The molecular weight excluding hydrogens is 318 g/mol. The lowest BCUT2D eigenvalue weighted by molar-refractivity contribution is 0.400. The second-order valence-corrected chi connectivity index (χ2v) is 5.45. The van der Waals surface area contributed by atoms with Crippen LogP contribution in [-0.2, 0) is 0 Å². The molecule has 0 aliphatic heterocycles. The van der Waals surface area contributed by atoms with Gasteiger partial charge in [0, 0.05) is 10.7 Å². The zero-order valence-corrected chi connectivity index (χ0v) is 13.4. The summed E-state index contributed by atoms with van der Waals surface area (Å²) >= 11 is 3.58. The summed E-state index contributed by atoms with van der Waals surface area (Å²) in [7, 11) is 1.63. The van der Waals surface area contributed by atoms with Crippen molar-refractivity contribution in [3.05, 3.63) is 57.3 Å². The van der Waals surface area contributed by atoms with Crippen LogP contribution in [0.25, 0.3) is 0 Å². The Morgan fingerprint density at radius 2 is 1.95 bits per heavy atom. The quantitative estimate of drug-likeness (QED) is 0.666. The summed E-state index contributed by atoms with van der Waals surface area (Å²) in [5.41, 5.74) is 6.98. The third-order valence-electron chi connectivity index (χ3n) is 3.25. The van der Waals surface area contributed by atoms with Crippen molar-refractivity contribution in [1.82, 2.24) is 10.4 Å². The maximum Gasteiger partial charge on any atom is 0.142 e. The molecule has 0 saturated heterocycles. The molecule has 4 nitrogen and oxygen atoms in total. The molecule has 5 heteroatoms. The van der Waals surface area contributed by atoms with E-state index in [0.717, 1.165) is 26.9 Å². The summed E-state index contributed by atoms with van der Waals surface area (Å²) in [4.78, 5) is 4.40. The van der Waals surface area contributed by atoms with E-state index in [1.54, 1.807) is 13.3 Å². The lowest BCUT2D eigenvalue weighted by Crippen LogP contribution is -2.30. The Morgan fingerprint density at radius 3 is 2.50 bits per heavy atom. The fourth-order valence-electron chi connectivity index (χ4n) is 2.27. The van der Waals surface area contributed by atoms with Gasteiger partial charge < -0.3 is 4.74 Å². The summed E-state index contributed by atoms with van der Waals surface area (Å²) in [6.45, 7) is 4.12. The van der Waals surface area contributed by atoms with Gasteiger partial charge in [-0.3, -0.25) is 10.8 Å². The maximum absolute atomic E-state index is 5.74. The first kappa shape index (κ1) is 15.0. The summed E-state index contributed by atoms with van der Waals surface area (Å²) in [5, 5.41) is 0. The number of halogens is 1. The van der Waals surface area contributed by atoms with Gasteiger partial charge in [-0.25, -0.2) is 5.43 Å². The van der Waals surface area contributed by atoms with Crippen LogP contribution in [0.4, 0.5) is 0 Å². The van der Waals surface area contributed by atoms with Gasteiger partial charge in [-0.05, 0) is 42.7 Å². The van der Waals surface area contributed by atoms with Crippen molar-refractivity contribution < 1.29 is 4.74 Å². The molecule has 0 fully saturated rings. The lowest BCUT2D eigenvalue weighted by atomic mass is 9.98. The highest BCUT2D eigenvalue weighted by Gasteiger charge is 2.19. The van der Waals surface area contributed by atoms with Gasteiger partial charge in [-0.1, -0.05) is 28.1 Å². The van der Waals surface area contributed by atoms with Crippen molar-refractivity contribution in [2.45, 2.75) is 19.9 Å². The Balaban J connectivity index is 2.52. The molecule has 1 aromatic heterocycles. The van der Waals surface area contributed by atoms with Gasteiger partial charge in [0.05, 0.1) is 13.2 Å². The normalized spacial score (nSPS) is 12.2. The Bertz CT molecular complexity index is 593. The smallest absolute Gasteiger partial charge is 0.142 e. The first-order valence-corrected chi connectivity index (χ1v) is 7.09. The van der Waals surface area contributed by atoms with Crippen LogP contribution < -0.4 is 16.0 Å². The van der Waals surface area contributed by atoms with Gasteiger partial charge >= 0.3 is 0 Å². The van der Waals surface area contributed by atoms with Crippen LogP contribution >= 0.6 is 15.9 Å². The predicted octanol–water partition coefficient (Wildman–Crippen LogP) is 3.02. The Hall–Kier alpha value is -1.43. The first-order valence-electron chi connectivity index (χ1n) is 6.30. The molecule has 1 unspecified atom stereocenters. The van der Waals surface area contributed by atoms with E-state index in [0.29, 0.717) is 5.75 Å². The molecule has 0 aliphatic rings. The summed E-state index contributed by atoms with van der Waals surface area (Å²) in [6, 6.07) is 7.70. The number of nitrogens with one attached hydrogen (secondary N) is 1. The van der Waals surface area contributed by atoms with E-state index < -0.39 is 0 Å². The van der Waals surface area contributed by atoms with Crippen molar-refractivity contribution in [2.75, 3.05) is 7.11 Å². The molecule has 106 valence electrons. The molecule has 2 aromatic rings. The molecular formula is C15H18BrN3O. The number of methoxy groups -OCH3 is 1. The number of aromatic nitrogens is 1. The minimum atomic E-state index is -0.211.